The van der Waals surface area contributed by atoms with Gasteiger partial charge in [0.25, 0.3) is 0 Å². The number of hydrogen-bond donors (Lipinski definition) is 1. The molecule has 0 spiro atoms. The molecule has 0 radical (unpaired) electrons. The third kappa shape index (κ3) is 4.06. The van der Waals surface area contributed by atoms with Crippen LogP contribution >= 0.6 is 0 Å². The number of aromatic nitrogens is 1. The molecular formula is C14H24N2O3S. The molecule has 0 aromatic carbocycles. The van der Waals surface area contributed by atoms with Gasteiger partial charge in [-0.2, -0.15) is 0 Å². The maximum atomic E-state index is 12.0. The lowest BCUT2D eigenvalue weighted by Crippen LogP contribution is -2.22. The molecule has 0 aliphatic carbocycles. The Morgan fingerprint density at radius 3 is 2.95 bits per heavy atom. The normalized spacial score (nSPS) is 22.2. The van der Waals surface area contributed by atoms with Crippen molar-refractivity contribution in [2.75, 3.05) is 18.8 Å². The van der Waals surface area contributed by atoms with E-state index in [4.69, 9.17) is 4.42 Å². The molecule has 0 saturated carbocycles. The quantitative estimate of drug-likeness (QED) is 0.815. The summed E-state index contributed by atoms with van der Waals surface area (Å²) < 4.78 is 29.7. The van der Waals surface area contributed by atoms with Crippen LogP contribution in [0.25, 0.3) is 0 Å². The second kappa shape index (κ2) is 6.72. The highest BCUT2D eigenvalue weighted by atomic mass is 32.2. The van der Waals surface area contributed by atoms with Crippen LogP contribution in [0.3, 0.4) is 0 Å². The summed E-state index contributed by atoms with van der Waals surface area (Å²) in [6.45, 7) is 6.08. The molecule has 1 aromatic heterocycles. The van der Waals surface area contributed by atoms with Gasteiger partial charge in [-0.1, -0.05) is 20.3 Å². The van der Waals surface area contributed by atoms with Crippen LogP contribution in [-0.4, -0.2) is 32.2 Å². The van der Waals surface area contributed by atoms with Crippen LogP contribution in [0.4, 0.5) is 0 Å². The molecule has 6 heteroatoms. The van der Waals surface area contributed by atoms with Crippen molar-refractivity contribution in [2.45, 2.75) is 44.8 Å². The highest BCUT2D eigenvalue weighted by Crippen LogP contribution is 2.33. The molecule has 0 bridgehead atoms. The largest absolute Gasteiger partial charge is 0.444 e. The van der Waals surface area contributed by atoms with Gasteiger partial charge in [0.05, 0.1) is 11.9 Å². The topological polar surface area (TPSA) is 72.2 Å². The molecule has 1 atom stereocenters. The lowest BCUT2D eigenvalue weighted by atomic mass is 10.1. The molecule has 2 rings (SSSR count). The van der Waals surface area contributed by atoms with Gasteiger partial charge in [-0.3, -0.25) is 0 Å². The van der Waals surface area contributed by atoms with Gasteiger partial charge < -0.3 is 9.73 Å². The van der Waals surface area contributed by atoms with Crippen LogP contribution in [0.5, 0.6) is 0 Å². The van der Waals surface area contributed by atoms with Gasteiger partial charge in [0, 0.05) is 13.0 Å². The van der Waals surface area contributed by atoms with E-state index in [9.17, 15) is 8.42 Å². The van der Waals surface area contributed by atoms with E-state index in [1.54, 1.807) is 6.20 Å². The fraction of sp³-hybridized carbons (Fsp3) is 0.786. The minimum absolute atomic E-state index is 0.268. The molecule has 0 amide bonds. The summed E-state index contributed by atoms with van der Waals surface area (Å²) in [5.41, 5.74) is 0. The smallest absolute Gasteiger partial charge is 0.195 e. The van der Waals surface area contributed by atoms with Crippen LogP contribution in [0.2, 0.25) is 0 Å². The molecule has 1 aliphatic heterocycles. The molecule has 114 valence electrons. The zero-order valence-electron chi connectivity index (χ0n) is 12.3. The summed E-state index contributed by atoms with van der Waals surface area (Å²) in [6.07, 6.45) is 4.64. The zero-order valence-corrected chi connectivity index (χ0v) is 13.1. The van der Waals surface area contributed by atoms with Crippen molar-refractivity contribution in [3.8, 4) is 0 Å². The fourth-order valence-corrected chi connectivity index (χ4v) is 4.33. The van der Waals surface area contributed by atoms with Crippen molar-refractivity contribution >= 4 is 9.84 Å². The summed E-state index contributed by atoms with van der Waals surface area (Å²) in [7, 11) is -3.05. The van der Waals surface area contributed by atoms with Gasteiger partial charge in [0.15, 0.2) is 15.7 Å². The molecule has 2 heterocycles. The van der Waals surface area contributed by atoms with Crippen LogP contribution in [0.15, 0.2) is 10.6 Å². The highest BCUT2D eigenvalue weighted by molar-refractivity contribution is 7.91. The summed E-state index contributed by atoms with van der Waals surface area (Å²) in [6, 6.07) is 0. The Morgan fingerprint density at radius 2 is 2.25 bits per heavy atom. The predicted octanol–water partition coefficient (Wildman–Crippen LogP) is 2.10. The van der Waals surface area contributed by atoms with Gasteiger partial charge in [-0.25, -0.2) is 13.4 Å². The van der Waals surface area contributed by atoms with E-state index in [0.29, 0.717) is 30.4 Å². The van der Waals surface area contributed by atoms with Crippen LogP contribution in [-0.2, 0) is 16.3 Å². The first kappa shape index (κ1) is 15.5. The fourth-order valence-electron chi connectivity index (χ4n) is 2.45. The molecule has 1 aromatic rings. The van der Waals surface area contributed by atoms with Crippen LogP contribution in [0.1, 0.15) is 50.0 Å². The minimum Gasteiger partial charge on any atom is -0.444 e. The average Bonchev–Trinajstić information content (AvgIpc) is 2.82. The van der Waals surface area contributed by atoms with Crippen molar-refractivity contribution < 1.29 is 12.8 Å². The molecule has 5 nitrogen and oxygen atoms in total. The first-order chi connectivity index (χ1) is 9.49. The highest BCUT2D eigenvalue weighted by Gasteiger charge is 2.33. The molecular weight excluding hydrogens is 276 g/mol. The number of hydrogen-bond acceptors (Lipinski definition) is 5. The van der Waals surface area contributed by atoms with Gasteiger partial charge in [0.1, 0.15) is 11.0 Å². The average molecular weight is 300 g/mol. The standard InChI is InChI=1S/C14H24N2O3S/c1-11(2)9-15-7-6-14-16-10-12(19-14)13-5-3-4-8-20(13,17)18/h10-11,13,15H,3-9H2,1-2H3. The first-order valence-electron chi connectivity index (χ1n) is 7.36. The molecule has 1 fully saturated rings. The van der Waals surface area contributed by atoms with Gasteiger partial charge in [-0.05, 0) is 25.3 Å². The van der Waals surface area contributed by atoms with Crippen molar-refractivity contribution in [1.82, 2.24) is 10.3 Å². The van der Waals surface area contributed by atoms with Gasteiger partial charge >= 0.3 is 0 Å². The van der Waals surface area contributed by atoms with Gasteiger partial charge in [0.2, 0.25) is 0 Å². The van der Waals surface area contributed by atoms with Crippen LogP contribution in [0, 0.1) is 5.92 Å². The number of nitrogens with zero attached hydrogens (tertiary/aromatic N) is 1. The van der Waals surface area contributed by atoms with Crippen LogP contribution < -0.4 is 5.32 Å². The Kier molecular flexibility index (Phi) is 5.21. The van der Waals surface area contributed by atoms with Gasteiger partial charge in [-0.15, -0.1) is 0 Å². The van der Waals surface area contributed by atoms with Crippen molar-refractivity contribution in [3.63, 3.8) is 0 Å². The molecule has 1 saturated heterocycles. The van der Waals surface area contributed by atoms with E-state index in [1.807, 2.05) is 0 Å². The minimum atomic E-state index is -3.05. The molecule has 1 unspecified atom stereocenters. The third-order valence-corrected chi connectivity index (χ3v) is 5.73. The monoisotopic (exact) mass is 300 g/mol. The molecule has 1 N–H and O–H groups in total. The summed E-state index contributed by atoms with van der Waals surface area (Å²) >= 11 is 0. The van der Waals surface area contributed by atoms with E-state index in [1.165, 1.54) is 0 Å². The predicted molar refractivity (Wildman–Crippen MR) is 78.3 cm³/mol. The maximum Gasteiger partial charge on any atom is 0.195 e. The Labute approximate surface area is 121 Å². The number of oxazole rings is 1. The number of nitrogens with one attached hydrogen (secondary N) is 1. The first-order valence-corrected chi connectivity index (χ1v) is 9.07. The maximum absolute atomic E-state index is 12.0. The molecule has 1 aliphatic rings. The Bertz CT molecular complexity index is 522. The van der Waals surface area contributed by atoms with E-state index < -0.39 is 15.1 Å². The van der Waals surface area contributed by atoms with Crippen molar-refractivity contribution in [2.24, 2.45) is 5.92 Å². The van der Waals surface area contributed by atoms with Crippen molar-refractivity contribution in [3.05, 3.63) is 17.8 Å². The second-order valence-electron chi connectivity index (χ2n) is 5.86. The van der Waals surface area contributed by atoms with E-state index in [0.717, 1.165) is 25.9 Å². The van der Waals surface area contributed by atoms with E-state index in [-0.39, 0.29) is 5.75 Å². The zero-order chi connectivity index (χ0) is 14.6. The number of rotatable bonds is 6. The third-order valence-electron chi connectivity index (χ3n) is 3.54. The Balaban J connectivity index is 1.91. The number of sulfone groups is 1. The lowest BCUT2D eigenvalue weighted by Gasteiger charge is -2.19. The van der Waals surface area contributed by atoms with E-state index in [2.05, 4.69) is 24.1 Å². The second-order valence-corrected chi connectivity index (χ2v) is 8.16. The van der Waals surface area contributed by atoms with E-state index >= 15 is 0 Å². The Hall–Kier alpha value is -0.880. The van der Waals surface area contributed by atoms with Crippen molar-refractivity contribution in [1.29, 1.82) is 0 Å². The summed E-state index contributed by atoms with van der Waals surface area (Å²) in [5, 5.41) is 2.84. The molecule has 20 heavy (non-hydrogen) atoms. The summed E-state index contributed by atoms with van der Waals surface area (Å²) in [5.74, 6) is 2.02. The summed E-state index contributed by atoms with van der Waals surface area (Å²) in [4.78, 5) is 4.20. The Morgan fingerprint density at radius 1 is 1.45 bits per heavy atom. The lowest BCUT2D eigenvalue weighted by molar-refractivity contribution is 0.423. The SMILES string of the molecule is CC(C)CNCCc1ncc(C2CCCCS2(=O)=O)o1.